The van der Waals surface area contributed by atoms with Gasteiger partial charge in [0.05, 0.1) is 5.39 Å². The molecule has 0 bridgehead atoms. The van der Waals surface area contributed by atoms with Gasteiger partial charge in [-0.15, -0.1) is 11.3 Å². The van der Waals surface area contributed by atoms with Crippen molar-refractivity contribution in [2.45, 2.75) is 38.6 Å². The summed E-state index contributed by atoms with van der Waals surface area (Å²) in [5.41, 5.74) is 4.91. The summed E-state index contributed by atoms with van der Waals surface area (Å²) in [4.78, 5) is 19.4. The molecular formula is C18H20N2OS2. The molecule has 0 aliphatic carbocycles. The molecule has 120 valence electrons. The Morgan fingerprint density at radius 2 is 1.78 bits per heavy atom. The van der Waals surface area contributed by atoms with Gasteiger partial charge in [0.25, 0.3) is 5.56 Å². The molecule has 23 heavy (non-hydrogen) atoms. The highest BCUT2D eigenvalue weighted by Crippen LogP contribution is 2.29. The topological polar surface area (TPSA) is 34.9 Å². The van der Waals surface area contributed by atoms with Gasteiger partial charge in [-0.1, -0.05) is 41.1 Å². The number of thiophene rings is 1. The van der Waals surface area contributed by atoms with E-state index >= 15 is 0 Å². The Hall–Kier alpha value is -1.59. The second kappa shape index (κ2) is 6.13. The van der Waals surface area contributed by atoms with E-state index in [4.69, 9.17) is 4.98 Å². The summed E-state index contributed by atoms with van der Waals surface area (Å²) in [6.45, 7) is 8.26. The standard InChI is InChI=1S/C18H20N2OS2/c1-10-6-11(2)8-14(7-10)9-22-18-19-16-15(17(21)20(18)5)12(3)13(4)23-16/h6-8H,9H2,1-5H3. The summed E-state index contributed by atoms with van der Waals surface area (Å²) in [6.07, 6.45) is 0. The van der Waals surface area contributed by atoms with E-state index in [1.54, 1.807) is 27.7 Å². The number of thioether (sulfide) groups is 1. The van der Waals surface area contributed by atoms with Gasteiger partial charge >= 0.3 is 0 Å². The average Bonchev–Trinajstić information content (AvgIpc) is 2.75. The van der Waals surface area contributed by atoms with Gasteiger partial charge in [-0.2, -0.15) is 0 Å². The largest absolute Gasteiger partial charge is 0.290 e. The predicted molar refractivity (Wildman–Crippen MR) is 99.8 cm³/mol. The van der Waals surface area contributed by atoms with Crippen molar-refractivity contribution < 1.29 is 0 Å². The molecule has 0 amide bonds. The second-order valence-corrected chi connectivity index (χ2v) is 8.15. The number of aryl methyl sites for hydroxylation is 4. The monoisotopic (exact) mass is 344 g/mol. The smallest absolute Gasteiger partial charge is 0.262 e. The Morgan fingerprint density at radius 1 is 1.13 bits per heavy atom. The summed E-state index contributed by atoms with van der Waals surface area (Å²) in [5.74, 6) is 0.817. The van der Waals surface area contributed by atoms with Gasteiger partial charge < -0.3 is 0 Å². The summed E-state index contributed by atoms with van der Waals surface area (Å²) in [7, 11) is 1.81. The van der Waals surface area contributed by atoms with E-state index < -0.39 is 0 Å². The summed E-state index contributed by atoms with van der Waals surface area (Å²) in [5, 5.41) is 1.55. The van der Waals surface area contributed by atoms with Crippen LogP contribution in [0.25, 0.3) is 10.2 Å². The van der Waals surface area contributed by atoms with E-state index in [2.05, 4.69) is 32.0 Å². The van der Waals surface area contributed by atoms with Crippen LogP contribution in [0.15, 0.2) is 28.2 Å². The maximum atomic E-state index is 12.6. The molecule has 1 aromatic carbocycles. The first-order valence-corrected chi connectivity index (χ1v) is 9.33. The zero-order chi connectivity index (χ0) is 16.7. The molecule has 0 saturated carbocycles. The fraction of sp³-hybridized carbons (Fsp3) is 0.333. The Labute approximate surface area is 144 Å². The minimum Gasteiger partial charge on any atom is -0.290 e. The van der Waals surface area contributed by atoms with Crippen LogP contribution in [0.3, 0.4) is 0 Å². The minimum absolute atomic E-state index is 0.0553. The number of nitrogens with zero attached hydrogens (tertiary/aromatic N) is 2. The lowest BCUT2D eigenvalue weighted by atomic mass is 10.1. The minimum atomic E-state index is 0.0553. The normalized spacial score (nSPS) is 11.3. The Bertz CT molecular complexity index is 934. The van der Waals surface area contributed by atoms with Crippen LogP contribution in [0.4, 0.5) is 0 Å². The molecule has 0 radical (unpaired) electrons. The van der Waals surface area contributed by atoms with Crippen LogP contribution in [-0.4, -0.2) is 9.55 Å². The van der Waals surface area contributed by atoms with Crippen molar-refractivity contribution in [3.63, 3.8) is 0 Å². The number of benzene rings is 1. The van der Waals surface area contributed by atoms with Crippen molar-refractivity contribution in [2.24, 2.45) is 7.05 Å². The lowest BCUT2D eigenvalue weighted by Crippen LogP contribution is -2.19. The van der Waals surface area contributed by atoms with Crippen LogP contribution >= 0.6 is 23.1 Å². The van der Waals surface area contributed by atoms with Gasteiger partial charge in [-0.25, -0.2) is 4.98 Å². The van der Waals surface area contributed by atoms with E-state index in [-0.39, 0.29) is 5.56 Å². The highest BCUT2D eigenvalue weighted by Gasteiger charge is 2.14. The van der Waals surface area contributed by atoms with E-state index in [0.29, 0.717) is 0 Å². The number of aromatic nitrogens is 2. The highest BCUT2D eigenvalue weighted by atomic mass is 32.2. The van der Waals surface area contributed by atoms with Gasteiger partial charge in [0.2, 0.25) is 0 Å². The first-order valence-electron chi connectivity index (χ1n) is 7.53. The summed E-state index contributed by atoms with van der Waals surface area (Å²) < 4.78 is 1.68. The highest BCUT2D eigenvalue weighted by molar-refractivity contribution is 7.98. The number of fused-ring (bicyclic) bond motifs is 1. The van der Waals surface area contributed by atoms with Crippen molar-refractivity contribution in [1.82, 2.24) is 9.55 Å². The van der Waals surface area contributed by atoms with Crippen LogP contribution in [0.5, 0.6) is 0 Å². The Kier molecular flexibility index (Phi) is 4.34. The SMILES string of the molecule is Cc1cc(C)cc(CSc2nc3sc(C)c(C)c3c(=O)n2C)c1. The molecule has 3 nitrogen and oxygen atoms in total. The lowest BCUT2D eigenvalue weighted by molar-refractivity contribution is 0.727. The number of hydrogen-bond acceptors (Lipinski definition) is 4. The Balaban J connectivity index is 1.97. The van der Waals surface area contributed by atoms with Gasteiger partial charge in [-0.05, 0) is 38.8 Å². The third-order valence-electron chi connectivity index (χ3n) is 4.02. The average molecular weight is 345 g/mol. The first kappa shape index (κ1) is 16.3. The van der Waals surface area contributed by atoms with Crippen LogP contribution in [0.2, 0.25) is 0 Å². The van der Waals surface area contributed by atoms with Crippen molar-refractivity contribution in [2.75, 3.05) is 0 Å². The van der Waals surface area contributed by atoms with Crippen LogP contribution < -0.4 is 5.56 Å². The molecular weight excluding hydrogens is 324 g/mol. The zero-order valence-corrected chi connectivity index (χ0v) is 15.7. The van der Waals surface area contributed by atoms with Crippen LogP contribution in [0.1, 0.15) is 27.1 Å². The summed E-state index contributed by atoms with van der Waals surface area (Å²) in [6, 6.07) is 6.55. The molecule has 0 fully saturated rings. The maximum absolute atomic E-state index is 12.6. The fourth-order valence-corrected chi connectivity index (χ4v) is 4.76. The molecule has 0 spiro atoms. The quantitative estimate of drug-likeness (QED) is 0.517. The van der Waals surface area contributed by atoms with Gasteiger partial charge in [-0.3, -0.25) is 9.36 Å². The Morgan fingerprint density at radius 3 is 2.43 bits per heavy atom. The third-order valence-corrected chi connectivity index (χ3v) is 6.22. The number of rotatable bonds is 3. The predicted octanol–water partition coefficient (Wildman–Crippen LogP) is 4.52. The molecule has 0 aliphatic heterocycles. The molecule has 3 rings (SSSR count). The maximum Gasteiger partial charge on any atom is 0.262 e. The van der Waals surface area contributed by atoms with E-state index in [1.807, 2.05) is 20.9 Å². The molecule has 0 N–H and O–H groups in total. The molecule has 0 saturated heterocycles. The lowest BCUT2D eigenvalue weighted by Gasteiger charge is -2.08. The van der Waals surface area contributed by atoms with Crippen molar-refractivity contribution in [3.05, 3.63) is 55.7 Å². The number of hydrogen-bond donors (Lipinski definition) is 0. The third kappa shape index (κ3) is 3.08. The van der Waals surface area contributed by atoms with Gasteiger partial charge in [0, 0.05) is 17.7 Å². The second-order valence-electron chi connectivity index (χ2n) is 6.01. The molecule has 5 heteroatoms. The van der Waals surface area contributed by atoms with E-state index in [1.165, 1.54) is 21.6 Å². The molecule has 3 aromatic rings. The molecule has 2 aromatic heterocycles. The van der Waals surface area contributed by atoms with Crippen molar-refractivity contribution in [3.8, 4) is 0 Å². The van der Waals surface area contributed by atoms with Gasteiger partial charge in [0.15, 0.2) is 5.16 Å². The van der Waals surface area contributed by atoms with E-state index in [0.717, 1.165) is 26.7 Å². The molecule has 2 heterocycles. The van der Waals surface area contributed by atoms with E-state index in [9.17, 15) is 4.79 Å². The van der Waals surface area contributed by atoms with Crippen molar-refractivity contribution in [1.29, 1.82) is 0 Å². The summed E-state index contributed by atoms with van der Waals surface area (Å²) >= 11 is 3.22. The van der Waals surface area contributed by atoms with Crippen molar-refractivity contribution >= 4 is 33.3 Å². The first-order chi connectivity index (χ1) is 10.9. The van der Waals surface area contributed by atoms with Crippen LogP contribution in [0, 0.1) is 27.7 Å². The molecule has 0 unspecified atom stereocenters. The molecule has 0 atom stereocenters. The fourth-order valence-electron chi connectivity index (χ4n) is 2.79. The van der Waals surface area contributed by atoms with Gasteiger partial charge in [0.1, 0.15) is 4.83 Å². The zero-order valence-electron chi connectivity index (χ0n) is 14.1. The molecule has 0 aliphatic rings. The van der Waals surface area contributed by atoms with Crippen LogP contribution in [-0.2, 0) is 12.8 Å².